The third kappa shape index (κ3) is 3.03. The van der Waals surface area contributed by atoms with Crippen molar-refractivity contribution in [1.29, 1.82) is 0 Å². The van der Waals surface area contributed by atoms with Gasteiger partial charge < -0.3 is 5.73 Å². The lowest BCUT2D eigenvalue weighted by atomic mass is 9.96. The molecule has 0 heterocycles. The van der Waals surface area contributed by atoms with Crippen LogP contribution in [0.3, 0.4) is 0 Å². The lowest BCUT2D eigenvalue weighted by Crippen LogP contribution is -2.13. The molecule has 0 fully saturated rings. The van der Waals surface area contributed by atoms with Crippen LogP contribution in [-0.2, 0) is 9.84 Å². The third-order valence-electron chi connectivity index (χ3n) is 3.19. The molecule has 0 spiro atoms. The van der Waals surface area contributed by atoms with Crippen LogP contribution >= 0.6 is 0 Å². The molecule has 2 rings (SSSR count). The van der Waals surface area contributed by atoms with Crippen molar-refractivity contribution in [1.82, 2.24) is 0 Å². The second kappa shape index (κ2) is 5.15. The first-order valence-electron chi connectivity index (χ1n) is 6.01. The standard InChI is InChI=1S/C15H17NO2S/c1-11-5-3-4-6-14(11)15(16)12-7-9-13(10-8-12)19(2,17)18/h3-10,15H,16H2,1-2H3. The molecule has 1 unspecified atom stereocenters. The van der Waals surface area contributed by atoms with E-state index in [-0.39, 0.29) is 6.04 Å². The molecule has 2 N–H and O–H groups in total. The Hall–Kier alpha value is -1.65. The van der Waals surface area contributed by atoms with Gasteiger partial charge in [-0.2, -0.15) is 0 Å². The van der Waals surface area contributed by atoms with Gasteiger partial charge in [0.1, 0.15) is 0 Å². The topological polar surface area (TPSA) is 60.2 Å². The van der Waals surface area contributed by atoms with Crippen LogP contribution in [-0.4, -0.2) is 14.7 Å². The predicted octanol–water partition coefficient (Wildman–Crippen LogP) is 2.45. The van der Waals surface area contributed by atoms with Gasteiger partial charge in [-0.25, -0.2) is 8.42 Å². The molecule has 2 aromatic carbocycles. The Morgan fingerprint density at radius 3 is 2.11 bits per heavy atom. The fraction of sp³-hybridized carbons (Fsp3) is 0.200. The molecule has 0 aliphatic rings. The summed E-state index contributed by atoms with van der Waals surface area (Å²) in [6.07, 6.45) is 1.20. The first-order chi connectivity index (χ1) is 8.89. The van der Waals surface area contributed by atoms with E-state index < -0.39 is 9.84 Å². The van der Waals surface area contributed by atoms with Gasteiger partial charge in [0.25, 0.3) is 0 Å². The Morgan fingerprint density at radius 2 is 1.58 bits per heavy atom. The minimum absolute atomic E-state index is 0.241. The zero-order chi connectivity index (χ0) is 14.0. The van der Waals surface area contributed by atoms with E-state index >= 15 is 0 Å². The normalized spacial score (nSPS) is 13.2. The van der Waals surface area contributed by atoms with Gasteiger partial charge in [0, 0.05) is 6.26 Å². The average molecular weight is 275 g/mol. The molecule has 0 bridgehead atoms. The van der Waals surface area contributed by atoms with Crippen molar-refractivity contribution in [3.8, 4) is 0 Å². The van der Waals surface area contributed by atoms with Crippen molar-refractivity contribution in [2.45, 2.75) is 17.9 Å². The van der Waals surface area contributed by atoms with Gasteiger partial charge in [0.2, 0.25) is 0 Å². The second-order valence-corrected chi connectivity index (χ2v) is 6.69. The smallest absolute Gasteiger partial charge is 0.175 e. The minimum atomic E-state index is -3.16. The van der Waals surface area contributed by atoms with Gasteiger partial charge in [-0.3, -0.25) is 0 Å². The van der Waals surface area contributed by atoms with Gasteiger partial charge in [0.15, 0.2) is 9.84 Å². The van der Waals surface area contributed by atoms with Crippen molar-refractivity contribution in [2.24, 2.45) is 5.73 Å². The van der Waals surface area contributed by atoms with E-state index in [1.54, 1.807) is 24.3 Å². The summed E-state index contributed by atoms with van der Waals surface area (Å²) in [7, 11) is -3.16. The quantitative estimate of drug-likeness (QED) is 0.936. The van der Waals surface area contributed by atoms with E-state index in [9.17, 15) is 8.42 Å². The molecule has 2 aromatic rings. The molecular formula is C15H17NO2S. The van der Waals surface area contributed by atoms with Gasteiger partial charge in [-0.15, -0.1) is 0 Å². The minimum Gasteiger partial charge on any atom is -0.320 e. The molecule has 0 aromatic heterocycles. The number of sulfone groups is 1. The maximum absolute atomic E-state index is 11.4. The monoisotopic (exact) mass is 275 g/mol. The maximum Gasteiger partial charge on any atom is 0.175 e. The molecule has 0 aliphatic heterocycles. The van der Waals surface area contributed by atoms with Crippen LogP contribution in [0.1, 0.15) is 22.7 Å². The average Bonchev–Trinajstić information content (AvgIpc) is 2.38. The highest BCUT2D eigenvalue weighted by atomic mass is 32.2. The summed E-state index contributed by atoms with van der Waals surface area (Å²) in [5.74, 6) is 0. The van der Waals surface area contributed by atoms with Crippen molar-refractivity contribution < 1.29 is 8.42 Å². The number of benzene rings is 2. The summed E-state index contributed by atoms with van der Waals surface area (Å²) in [5, 5.41) is 0. The summed E-state index contributed by atoms with van der Waals surface area (Å²) in [4.78, 5) is 0.313. The number of aryl methyl sites for hydroxylation is 1. The molecule has 100 valence electrons. The zero-order valence-electron chi connectivity index (χ0n) is 11.0. The SMILES string of the molecule is Cc1ccccc1C(N)c1ccc(S(C)(=O)=O)cc1. The first kappa shape index (κ1) is 13.8. The molecule has 3 nitrogen and oxygen atoms in total. The van der Waals surface area contributed by atoms with Crippen molar-refractivity contribution in [2.75, 3.05) is 6.26 Å². The maximum atomic E-state index is 11.4. The molecule has 0 radical (unpaired) electrons. The molecule has 19 heavy (non-hydrogen) atoms. The molecule has 0 amide bonds. The van der Waals surface area contributed by atoms with Crippen LogP contribution in [0.25, 0.3) is 0 Å². The fourth-order valence-electron chi connectivity index (χ4n) is 2.04. The van der Waals surface area contributed by atoms with Crippen LogP contribution in [0.5, 0.6) is 0 Å². The lowest BCUT2D eigenvalue weighted by Gasteiger charge is -2.15. The molecule has 1 atom stereocenters. The van der Waals surface area contributed by atoms with Gasteiger partial charge >= 0.3 is 0 Å². The third-order valence-corrected chi connectivity index (χ3v) is 4.32. The summed E-state index contributed by atoms with van der Waals surface area (Å²) in [6.45, 7) is 2.01. The fourth-order valence-corrected chi connectivity index (χ4v) is 2.67. The predicted molar refractivity (Wildman–Crippen MR) is 76.8 cm³/mol. The molecule has 4 heteroatoms. The summed E-state index contributed by atoms with van der Waals surface area (Å²) < 4.78 is 22.8. The summed E-state index contributed by atoms with van der Waals surface area (Å²) in [6, 6.07) is 14.4. The number of rotatable bonds is 3. The number of hydrogen-bond acceptors (Lipinski definition) is 3. The van der Waals surface area contributed by atoms with E-state index in [1.165, 1.54) is 6.26 Å². The Labute approximate surface area is 114 Å². The van der Waals surface area contributed by atoms with E-state index in [1.807, 2.05) is 31.2 Å². The summed E-state index contributed by atoms with van der Waals surface area (Å²) in [5.41, 5.74) is 9.31. The largest absolute Gasteiger partial charge is 0.320 e. The zero-order valence-corrected chi connectivity index (χ0v) is 11.8. The van der Waals surface area contributed by atoms with Crippen LogP contribution in [0, 0.1) is 6.92 Å². The van der Waals surface area contributed by atoms with Gasteiger partial charge in [-0.1, -0.05) is 36.4 Å². The van der Waals surface area contributed by atoms with Crippen LogP contribution in [0.2, 0.25) is 0 Å². The van der Waals surface area contributed by atoms with Crippen molar-refractivity contribution in [3.05, 3.63) is 65.2 Å². The molecule has 0 aliphatic carbocycles. The van der Waals surface area contributed by atoms with Crippen LogP contribution in [0.4, 0.5) is 0 Å². The second-order valence-electron chi connectivity index (χ2n) is 4.68. The Bertz CT molecular complexity index is 676. The number of nitrogens with two attached hydrogens (primary N) is 1. The molecule has 0 saturated carbocycles. The molecular weight excluding hydrogens is 258 g/mol. The lowest BCUT2D eigenvalue weighted by molar-refractivity contribution is 0.602. The Morgan fingerprint density at radius 1 is 1.00 bits per heavy atom. The van der Waals surface area contributed by atoms with Crippen molar-refractivity contribution in [3.63, 3.8) is 0 Å². The van der Waals surface area contributed by atoms with Crippen LogP contribution in [0.15, 0.2) is 53.4 Å². The molecule has 0 saturated heterocycles. The van der Waals surface area contributed by atoms with E-state index in [4.69, 9.17) is 5.73 Å². The Kier molecular flexibility index (Phi) is 3.73. The van der Waals surface area contributed by atoms with E-state index in [0.717, 1.165) is 16.7 Å². The summed E-state index contributed by atoms with van der Waals surface area (Å²) >= 11 is 0. The number of hydrogen-bond donors (Lipinski definition) is 1. The van der Waals surface area contributed by atoms with Gasteiger partial charge in [-0.05, 0) is 35.7 Å². The van der Waals surface area contributed by atoms with Gasteiger partial charge in [0.05, 0.1) is 10.9 Å². The van der Waals surface area contributed by atoms with E-state index in [2.05, 4.69) is 0 Å². The highest BCUT2D eigenvalue weighted by Gasteiger charge is 2.12. The van der Waals surface area contributed by atoms with E-state index in [0.29, 0.717) is 4.90 Å². The highest BCUT2D eigenvalue weighted by Crippen LogP contribution is 2.23. The van der Waals surface area contributed by atoms with Crippen LogP contribution < -0.4 is 5.73 Å². The van der Waals surface area contributed by atoms with Crippen molar-refractivity contribution >= 4 is 9.84 Å². The first-order valence-corrected chi connectivity index (χ1v) is 7.90. The highest BCUT2D eigenvalue weighted by molar-refractivity contribution is 7.90. The Balaban J connectivity index is 2.36.